The second-order valence-corrected chi connectivity index (χ2v) is 5.81. The fourth-order valence-corrected chi connectivity index (χ4v) is 3.01. The van der Waals surface area contributed by atoms with Crippen molar-refractivity contribution in [3.05, 3.63) is 50.1 Å². The average molecular weight is 310 g/mol. The molecule has 1 aromatic heterocycles. The number of rotatable bonds is 3. The van der Waals surface area contributed by atoms with Gasteiger partial charge in [0.05, 0.1) is 0 Å². The van der Waals surface area contributed by atoms with Crippen LogP contribution < -0.4 is 5.73 Å². The second-order valence-electron chi connectivity index (χ2n) is 3.90. The Hall–Kier alpha value is -1.13. The number of anilines is 1. The minimum absolute atomic E-state index is 0.127. The minimum atomic E-state index is 0.127. The van der Waals surface area contributed by atoms with Gasteiger partial charge in [-0.25, -0.2) is 0 Å². The molecule has 0 aliphatic heterocycles. The molecule has 0 atom stereocenters. The smallest absolute Gasteiger partial charge is 0.168 e. The Bertz CT molecular complexity index is 562. The van der Waals surface area contributed by atoms with Crippen LogP contribution in [0.1, 0.15) is 20.8 Å². The molecule has 0 radical (unpaired) electrons. The Labute approximate surface area is 113 Å². The molecule has 1 heterocycles. The molecule has 2 nitrogen and oxygen atoms in total. The summed E-state index contributed by atoms with van der Waals surface area (Å²) >= 11 is 4.97. The molecule has 1 aromatic carbocycles. The zero-order chi connectivity index (χ0) is 12.4. The number of Topliss-reactive ketones (excluding diaryl/α,β-unsaturated/α-hetero) is 1. The van der Waals surface area contributed by atoms with E-state index >= 15 is 0 Å². The third-order valence-corrected chi connectivity index (χ3v) is 4.25. The predicted molar refractivity (Wildman–Crippen MR) is 75.6 cm³/mol. The molecule has 0 spiro atoms. The van der Waals surface area contributed by atoms with Gasteiger partial charge in [-0.1, -0.05) is 0 Å². The van der Waals surface area contributed by atoms with Gasteiger partial charge in [-0.05, 0) is 52.7 Å². The molecule has 2 aromatic rings. The summed E-state index contributed by atoms with van der Waals surface area (Å²) in [6.45, 7) is 1.91. The number of ketones is 1. The van der Waals surface area contributed by atoms with Crippen molar-refractivity contribution in [2.45, 2.75) is 13.3 Å². The number of hydrogen-bond acceptors (Lipinski definition) is 3. The fourth-order valence-electron chi connectivity index (χ4n) is 1.56. The molecule has 0 aliphatic carbocycles. The van der Waals surface area contributed by atoms with Gasteiger partial charge in [0.1, 0.15) is 0 Å². The number of thiophene rings is 1. The molecule has 0 amide bonds. The van der Waals surface area contributed by atoms with E-state index in [9.17, 15) is 4.79 Å². The Morgan fingerprint density at radius 2 is 2.18 bits per heavy atom. The van der Waals surface area contributed by atoms with Crippen molar-refractivity contribution in [1.82, 2.24) is 0 Å². The number of halogens is 1. The van der Waals surface area contributed by atoms with Gasteiger partial charge < -0.3 is 5.73 Å². The second kappa shape index (κ2) is 5.02. The Kier molecular flexibility index (Phi) is 3.64. The third kappa shape index (κ3) is 2.96. The molecule has 17 heavy (non-hydrogen) atoms. The quantitative estimate of drug-likeness (QED) is 0.691. The van der Waals surface area contributed by atoms with Gasteiger partial charge in [-0.3, -0.25) is 4.79 Å². The van der Waals surface area contributed by atoms with Crippen molar-refractivity contribution in [2.24, 2.45) is 0 Å². The largest absolute Gasteiger partial charge is 0.399 e. The number of carbonyl (C=O) groups is 1. The van der Waals surface area contributed by atoms with Crippen molar-refractivity contribution in [3.8, 4) is 0 Å². The first-order chi connectivity index (χ1) is 8.06. The van der Waals surface area contributed by atoms with E-state index in [1.54, 1.807) is 23.5 Å². The maximum Gasteiger partial charge on any atom is 0.168 e. The number of carbonyl (C=O) groups excluding carboxylic acids is 1. The summed E-state index contributed by atoms with van der Waals surface area (Å²) in [6, 6.07) is 7.40. The SMILES string of the molecule is Cc1cc(C(=O)Cc2cc(Br)cs2)ccc1N. The molecular formula is C13H12BrNOS. The Morgan fingerprint density at radius 1 is 1.41 bits per heavy atom. The monoisotopic (exact) mass is 309 g/mol. The first-order valence-electron chi connectivity index (χ1n) is 5.18. The number of nitrogen functional groups attached to an aromatic ring is 1. The van der Waals surface area contributed by atoms with Crippen LogP contribution >= 0.6 is 27.3 Å². The highest BCUT2D eigenvalue weighted by molar-refractivity contribution is 9.10. The van der Waals surface area contributed by atoms with Crippen LogP contribution in [-0.2, 0) is 6.42 Å². The summed E-state index contributed by atoms with van der Waals surface area (Å²) in [6.07, 6.45) is 0.444. The van der Waals surface area contributed by atoms with Crippen LogP contribution in [0.2, 0.25) is 0 Å². The maximum atomic E-state index is 12.0. The zero-order valence-electron chi connectivity index (χ0n) is 9.37. The number of aryl methyl sites for hydroxylation is 1. The van der Waals surface area contributed by atoms with E-state index in [1.165, 1.54) is 0 Å². The lowest BCUT2D eigenvalue weighted by atomic mass is 10.0. The van der Waals surface area contributed by atoms with Crippen LogP contribution in [0.3, 0.4) is 0 Å². The molecular weight excluding hydrogens is 298 g/mol. The van der Waals surface area contributed by atoms with Crippen molar-refractivity contribution in [3.63, 3.8) is 0 Å². The summed E-state index contributed by atoms with van der Waals surface area (Å²) in [5, 5.41) is 1.98. The first kappa shape index (κ1) is 12.3. The van der Waals surface area contributed by atoms with Crippen LogP contribution in [0.15, 0.2) is 34.1 Å². The van der Waals surface area contributed by atoms with E-state index in [-0.39, 0.29) is 5.78 Å². The van der Waals surface area contributed by atoms with Crippen LogP contribution in [-0.4, -0.2) is 5.78 Å². The van der Waals surface area contributed by atoms with Crippen molar-refractivity contribution in [1.29, 1.82) is 0 Å². The number of hydrogen-bond donors (Lipinski definition) is 1. The molecule has 0 bridgehead atoms. The third-order valence-electron chi connectivity index (χ3n) is 2.55. The summed E-state index contributed by atoms with van der Waals surface area (Å²) in [4.78, 5) is 13.1. The average Bonchev–Trinajstić information content (AvgIpc) is 2.68. The van der Waals surface area contributed by atoms with Crippen LogP contribution in [0.25, 0.3) is 0 Å². The van der Waals surface area contributed by atoms with Gasteiger partial charge in [-0.15, -0.1) is 11.3 Å². The fraction of sp³-hybridized carbons (Fsp3) is 0.154. The summed E-state index contributed by atoms with van der Waals surface area (Å²) in [5.41, 5.74) is 8.12. The van der Waals surface area contributed by atoms with E-state index in [0.717, 1.165) is 26.2 Å². The highest BCUT2D eigenvalue weighted by atomic mass is 79.9. The van der Waals surface area contributed by atoms with Crippen LogP contribution in [0.5, 0.6) is 0 Å². The number of nitrogens with two attached hydrogens (primary N) is 1. The minimum Gasteiger partial charge on any atom is -0.399 e. The molecule has 88 valence electrons. The zero-order valence-corrected chi connectivity index (χ0v) is 11.8. The van der Waals surface area contributed by atoms with Crippen molar-refractivity contribution in [2.75, 3.05) is 5.73 Å². The highest BCUT2D eigenvalue weighted by Gasteiger charge is 2.09. The summed E-state index contributed by atoms with van der Waals surface area (Å²) < 4.78 is 1.03. The van der Waals surface area contributed by atoms with Gasteiger partial charge in [0.2, 0.25) is 0 Å². The van der Waals surface area contributed by atoms with Crippen molar-refractivity contribution >= 4 is 38.7 Å². The maximum absolute atomic E-state index is 12.0. The first-order valence-corrected chi connectivity index (χ1v) is 6.86. The van der Waals surface area contributed by atoms with E-state index in [1.807, 2.05) is 24.4 Å². The lowest BCUT2D eigenvalue weighted by Gasteiger charge is -2.03. The Morgan fingerprint density at radius 3 is 2.76 bits per heavy atom. The van der Waals surface area contributed by atoms with E-state index in [4.69, 9.17) is 5.73 Å². The molecule has 0 aliphatic rings. The van der Waals surface area contributed by atoms with Gasteiger partial charge in [-0.2, -0.15) is 0 Å². The Balaban J connectivity index is 2.17. The van der Waals surface area contributed by atoms with Crippen LogP contribution in [0.4, 0.5) is 5.69 Å². The van der Waals surface area contributed by atoms with E-state index in [0.29, 0.717) is 6.42 Å². The van der Waals surface area contributed by atoms with Gasteiger partial charge in [0, 0.05) is 32.4 Å². The lowest BCUT2D eigenvalue weighted by molar-refractivity contribution is 0.0994. The van der Waals surface area contributed by atoms with Crippen LogP contribution in [0, 0.1) is 6.92 Å². The molecule has 0 fully saturated rings. The highest BCUT2D eigenvalue weighted by Crippen LogP contribution is 2.22. The standard InChI is InChI=1S/C13H12BrNOS/c1-8-4-9(2-3-12(8)15)13(16)6-11-5-10(14)7-17-11/h2-5,7H,6,15H2,1H3. The van der Waals surface area contributed by atoms with E-state index < -0.39 is 0 Å². The normalized spacial score (nSPS) is 10.5. The topological polar surface area (TPSA) is 43.1 Å². The lowest BCUT2D eigenvalue weighted by Crippen LogP contribution is -2.03. The predicted octanol–water partition coefficient (Wildman–Crippen LogP) is 3.83. The summed E-state index contributed by atoms with van der Waals surface area (Å²) in [7, 11) is 0. The molecule has 2 N–H and O–H groups in total. The molecule has 0 saturated carbocycles. The molecule has 0 unspecified atom stereocenters. The molecule has 4 heteroatoms. The van der Waals surface area contributed by atoms with Gasteiger partial charge in [0.25, 0.3) is 0 Å². The van der Waals surface area contributed by atoms with Crippen molar-refractivity contribution < 1.29 is 4.79 Å². The van der Waals surface area contributed by atoms with Gasteiger partial charge >= 0.3 is 0 Å². The molecule has 2 rings (SSSR count). The summed E-state index contributed by atoms with van der Waals surface area (Å²) in [5.74, 6) is 0.127. The molecule has 0 saturated heterocycles. The van der Waals surface area contributed by atoms with Gasteiger partial charge in [0.15, 0.2) is 5.78 Å². The van der Waals surface area contributed by atoms with E-state index in [2.05, 4.69) is 15.9 Å². The number of benzene rings is 1.